The summed E-state index contributed by atoms with van der Waals surface area (Å²) in [6.07, 6.45) is 5.46. The van der Waals surface area contributed by atoms with Crippen LogP contribution in [0.25, 0.3) is 11.4 Å². The standard InChI is InChI=1S/C9H12N6/c10-7-1-2-8-13-14-9(15(8)5-7)6-3-11-12-4-6/h3-4,7H,1-2,5,10H2,(H,11,12). The zero-order chi connectivity index (χ0) is 10.3. The van der Waals surface area contributed by atoms with Gasteiger partial charge >= 0.3 is 0 Å². The van der Waals surface area contributed by atoms with E-state index in [-0.39, 0.29) is 6.04 Å². The lowest BCUT2D eigenvalue weighted by Crippen LogP contribution is -2.32. The van der Waals surface area contributed by atoms with E-state index >= 15 is 0 Å². The molecule has 78 valence electrons. The van der Waals surface area contributed by atoms with Gasteiger partial charge in [0.25, 0.3) is 0 Å². The fourth-order valence-electron chi connectivity index (χ4n) is 1.94. The second-order valence-corrected chi connectivity index (χ2v) is 3.84. The first kappa shape index (κ1) is 8.60. The van der Waals surface area contributed by atoms with Gasteiger partial charge in [-0.3, -0.25) is 5.10 Å². The molecule has 0 aromatic carbocycles. The maximum atomic E-state index is 5.93. The van der Waals surface area contributed by atoms with Gasteiger partial charge in [0.2, 0.25) is 0 Å². The summed E-state index contributed by atoms with van der Waals surface area (Å²) in [6.45, 7) is 0.794. The van der Waals surface area contributed by atoms with Gasteiger partial charge in [0.1, 0.15) is 5.82 Å². The van der Waals surface area contributed by atoms with Crippen LogP contribution >= 0.6 is 0 Å². The van der Waals surface area contributed by atoms with Crippen molar-refractivity contribution in [3.63, 3.8) is 0 Å². The highest BCUT2D eigenvalue weighted by Gasteiger charge is 2.21. The van der Waals surface area contributed by atoms with E-state index in [0.717, 1.165) is 36.6 Å². The molecule has 0 fully saturated rings. The molecule has 3 N–H and O–H groups in total. The maximum Gasteiger partial charge on any atom is 0.167 e. The van der Waals surface area contributed by atoms with Crippen LogP contribution in [0.3, 0.4) is 0 Å². The molecule has 15 heavy (non-hydrogen) atoms. The highest BCUT2D eigenvalue weighted by atomic mass is 15.3. The van der Waals surface area contributed by atoms with E-state index in [1.807, 2.05) is 6.20 Å². The Morgan fingerprint density at radius 2 is 2.40 bits per heavy atom. The van der Waals surface area contributed by atoms with Gasteiger partial charge in [0, 0.05) is 25.2 Å². The van der Waals surface area contributed by atoms with E-state index in [4.69, 9.17) is 5.73 Å². The quantitative estimate of drug-likeness (QED) is 0.681. The van der Waals surface area contributed by atoms with Gasteiger partial charge in [0.15, 0.2) is 5.82 Å². The lowest BCUT2D eigenvalue weighted by atomic mass is 10.1. The van der Waals surface area contributed by atoms with Gasteiger partial charge in [-0.1, -0.05) is 0 Å². The second-order valence-electron chi connectivity index (χ2n) is 3.84. The molecule has 0 saturated carbocycles. The number of aromatic amines is 1. The molecular formula is C9H12N6. The topological polar surface area (TPSA) is 85.4 Å². The van der Waals surface area contributed by atoms with Crippen LogP contribution in [-0.2, 0) is 13.0 Å². The third-order valence-electron chi connectivity index (χ3n) is 2.74. The molecule has 3 rings (SSSR count). The fourth-order valence-corrected chi connectivity index (χ4v) is 1.94. The van der Waals surface area contributed by atoms with Gasteiger partial charge in [-0.2, -0.15) is 5.10 Å². The Bertz CT molecular complexity index is 457. The van der Waals surface area contributed by atoms with Crippen molar-refractivity contribution in [3.05, 3.63) is 18.2 Å². The predicted molar refractivity (Wildman–Crippen MR) is 53.9 cm³/mol. The van der Waals surface area contributed by atoms with Crippen molar-refractivity contribution < 1.29 is 0 Å². The number of fused-ring (bicyclic) bond motifs is 1. The summed E-state index contributed by atoms with van der Waals surface area (Å²) in [7, 11) is 0. The molecule has 0 spiro atoms. The lowest BCUT2D eigenvalue weighted by molar-refractivity contribution is 0.456. The average Bonchev–Trinajstić information content (AvgIpc) is 2.83. The Morgan fingerprint density at radius 3 is 3.20 bits per heavy atom. The van der Waals surface area contributed by atoms with E-state index < -0.39 is 0 Å². The number of hydrogen-bond acceptors (Lipinski definition) is 4. The van der Waals surface area contributed by atoms with E-state index in [0.29, 0.717) is 0 Å². The number of nitrogens with two attached hydrogens (primary N) is 1. The molecular weight excluding hydrogens is 192 g/mol. The molecule has 3 heterocycles. The number of nitrogens with one attached hydrogen (secondary N) is 1. The van der Waals surface area contributed by atoms with Crippen molar-refractivity contribution in [3.8, 4) is 11.4 Å². The SMILES string of the molecule is NC1CCc2nnc(-c3cn[nH]c3)n2C1. The molecule has 6 heteroatoms. The van der Waals surface area contributed by atoms with Crippen LogP contribution in [-0.4, -0.2) is 31.0 Å². The first-order chi connectivity index (χ1) is 7.34. The molecule has 0 saturated heterocycles. The normalized spacial score (nSPS) is 20.2. The van der Waals surface area contributed by atoms with Gasteiger partial charge in [-0.25, -0.2) is 0 Å². The number of hydrogen-bond donors (Lipinski definition) is 2. The Kier molecular flexibility index (Phi) is 1.81. The molecule has 0 aliphatic carbocycles. The van der Waals surface area contributed by atoms with Gasteiger partial charge in [-0.05, 0) is 6.42 Å². The molecule has 0 bridgehead atoms. The van der Waals surface area contributed by atoms with Crippen LogP contribution < -0.4 is 5.73 Å². The maximum absolute atomic E-state index is 5.93. The molecule has 1 unspecified atom stereocenters. The summed E-state index contributed by atoms with van der Waals surface area (Å²) in [6, 6.07) is 0.208. The fraction of sp³-hybridized carbons (Fsp3) is 0.444. The van der Waals surface area contributed by atoms with Gasteiger partial charge in [0.05, 0.1) is 11.8 Å². The van der Waals surface area contributed by atoms with E-state index in [1.165, 1.54) is 0 Å². The molecule has 0 amide bonds. The van der Waals surface area contributed by atoms with Crippen molar-refractivity contribution in [1.82, 2.24) is 25.0 Å². The highest BCUT2D eigenvalue weighted by molar-refractivity contribution is 5.52. The van der Waals surface area contributed by atoms with Crippen LogP contribution in [0.15, 0.2) is 12.4 Å². The molecule has 1 atom stereocenters. The van der Waals surface area contributed by atoms with Crippen molar-refractivity contribution >= 4 is 0 Å². The summed E-state index contributed by atoms with van der Waals surface area (Å²) in [5.41, 5.74) is 6.89. The predicted octanol–water partition coefficient (Wildman–Crippen LogP) is -0.0583. The van der Waals surface area contributed by atoms with Gasteiger partial charge < -0.3 is 10.3 Å². The Labute approximate surface area is 86.5 Å². The number of aryl methyl sites for hydroxylation is 1. The third-order valence-corrected chi connectivity index (χ3v) is 2.74. The van der Waals surface area contributed by atoms with Crippen LogP contribution in [0.4, 0.5) is 0 Å². The van der Waals surface area contributed by atoms with Crippen molar-refractivity contribution in [2.75, 3.05) is 0 Å². The smallest absolute Gasteiger partial charge is 0.167 e. The second kappa shape index (κ2) is 3.16. The summed E-state index contributed by atoms with van der Waals surface area (Å²) in [5, 5.41) is 15.0. The monoisotopic (exact) mass is 204 g/mol. The Balaban J connectivity index is 2.07. The highest BCUT2D eigenvalue weighted by Crippen LogP contribution is 2.21. The van der Waals surface area contributed by atoms with E-state index in [2.05, 4.69) is 25.0 Å². The van der Waals surface area contributed by atoms with Crippen LogP contribution in [0.2, 0.25) is 0 Å². The molecule has 1 aliphatic heterocycles. The van der Waals surface area contributed by atoms with E-state index in [1.54, 1.807) is 6.20 Å². The van der Waals surface area contributed by atoms with Crippen LogP contribution in [0.1, 0.15) is 12.2 Å². The third kappa shape index (κ3) is 1.33. The first-order valence-electron chi connectivity index (χ1n) is 5.01. The summed E-state index contributed by atoms with van der Waals surface area (Å²) >= 11 is 0. The summed E-state index contributed by atoms with van der Waals surface area (Å²) < 4.78 is 2.08. The number of nitrogens with zero attached hydrogens (tertiary/aromatic N) is 4. The van der Waals surface area contributed by atoms with E-state index in [9.17, 15) is 0 Å². The largest absolute Gasteiger partial charge is 0.326 e. The summed E-state index contributed by atoms with van der Waals surface area (Å²) in [4.78, 5) is 0. The minimum atomic E-state index is 0.208. The summed E-state index contributed by atoms with van der Waals surface area (Å²) in [5.74, 6) is 1.88. The Morgan fingerprint density at radius 1 is 1.47 bits per heavy atom. The molecule has 1 aliphatic rings. The van der Waals surface area contributed by atoms with Crippen molar-refractivity contribution in [2.45, 2.75) is 25.4 Å². The van der Waals surface area contributed by atoms with Crippen LogP contribution in [0, 0.1) is 0 Å². The molecule has 2 aromatic heterocycles. The zero-order valence-electron chi connectivity index (χ0n) is 8.22. The Hall–Kier alpha value is -1.69. The molecule has 2 aromatic rings. The number of rotatable bonds is 1. The average molecular weight is 204 g/mol. The minimum Gasteiger partial charge on any atom is -0.326 e. The first-order valence-corrected chi connectivity index (χ1v) is 5.01. The van der Waals surface area contributed by atoms with Crippen molar-refractivity contribution in [1.29, 1.82) is 0 Å². The molecule has 6 nitrogen and oxygen atoms in total. The lowest BCUT2D eigenvalue weighted by Gasteiger charge is -2.20. The van der Waals surface area contributed by atoms with Crippen LogP contribution in [0.5, 0.6) is 0 Å². The molecule has 0 radical (unpaired) electrons. The number of aromatic nitrogens is 5. The minimum absolute atomic E-state index is 0.208. The van der Waals surface area contributed by atoms with Gasteiger partial charge in [-0.15, -0.1) is 10.2 Å². The van der Waals surface area contributed by atoms with Crippen molar-refractivity contribution in [2.24, 2.45) is 5.73 Å². The number of H-pyrrole nitrogens is 1. The zero-order valence-corrected chi connectivity index (χ0v) is 8.22.